The van der Waals surface area contributed by atoms with Crippen LogP contribution in [-0.2, 0) is 4.79 Å². The van der Waals surface area contributed by atoms with Crippen molar-refractivity contribution in [2.75, 3.05) is 0 Å². The Kier molecular flexibility index (Phi) is 3.80. The van der Waals surface area contributed by atoms with Crippen molar-refractivity contribution in [1.82, 2.24) is 4.90 Å². The highest BCUT2D eigenvalue weighted by atomic mass is 79.9. The van der Waals surface area contributed by atoms with Gasteiger partial charge in [0.1, 0.15) is 0 Å². The maximum atomic E-state index is 11.5. The summed E-state index contributed by atoms with van der Waals surface area (Å²) in [6.45, 7) is 4.20. The van der Waals surface area contributed by atoms with Crippen LogP contribution in [0.2, 0.25) is 0 Å². The van der Waals surface area contributed by atoms with Crippen LogP contribution in [0.5, 0.6) is 0 Å². The van der Waals surface area contributed by atoms with E-state index in [9.17, 15) is 4.79 Å². The molecule has 0 aliphatic carbocycles. The molecule has 1 aliphatic rings. The summed E-state index contributed by atoms with van der Waals surface area (Å²) in [5.74, 6) is 2.49. The zero-order valence-corrected chi connectivity index (χ0v) is 9.60. The summed E-state index contributed by atoms with van der Waals surface area (Å²) in [4.78, 5) is 15.9. The van der Waals surface area contributed by atoms with Gasteiger partial charge in [-0.15, -0.1) is 0 Å². The Labute approximate surface area is 87.8 Å². The zero-order chi connectivity index (χ0) is 9.84. The topological polar surface area (TPSA) is 20.3 Å². The summed E-state index contributed by atoms with van der Waals surface area (Å²) in [7, 11) is 0. The first kappa shape index (κ1) is 10.6. The molecule has 0 saturated carbocycles. The maximum Gasteiger partial charge on any atom is 0.299 e. The maximum absolute atomic E-state index is 11.5. The summed E-state index contributed by atoms with van der Waals surface area (Å²) in [6.07, 6.45) is 3.25. The molecule has 1 fully saturated rings. The van der Waals surface area contributed by atoms with Crippen molar-refractivity contribution >= 4 is 21.8 Å². The van der Waals surface area contributed by atoms with E-state index in [1.165, 1.54) is 0 Å². The second kappa shape index (κ2) is 4.66. The van der Waals surface area contributed by atoms with Crippen molar-refractivity contribution in [2.24, 2.45) is 0 Å². The highest BCUT2D eigenvalue weighted by Crippen LogP contribution is 2.25. The summed E-state index contributed by atoms with van der Waals surface area (Å²) < 4.78 is 0. The van der Waals surface area contributed by atoms with Gasteiger partial charge in [-0.1, -0.05) is 6.92 Å². The Balaban J connectivity index is 2.72. The summed E-state index contributed by atoms with van der Waals surface area (Å²) >= 11 is 2.95. The second-order valence-corrected chi connectivity index (χ2v) is 3.82. The van der Waals surface area contributed by atoms with Gasteiger partial charge in [-0.05, 0) is 31.0 Å². The standard InChI is InChI=1S/C10H14BrNO/c1-3-9-5-4-8(2)12(9)10(13)6-7-11/h8-9H,3-5H2,1-2H3. The van der Waals surface area contributed by atoms with Crippen LogP contribution < -0.4 is 0 Å². The minimum absolute atomic E-state index is 0.0475. The molecule has 2 unspecified atom stereocenters. The molecular formula is C10H14BrNO. The third kappa shape index (κ3) is 2.25. The number of amides is 1. The van der Waals surface area contributed by atoms with Gasteiger partial charge in [-0.3, -0.25) is 4.79 Å². The van der Waals surface area contributed by atoms with Crippen molar-refractivity contribution in [3.8, 4) is 10.8 Å². The first-order valence-electron chi connectivity index (χ1n) is 4.64. The molecule has 0 aromatic carbocycles. The molecule has 1 aliphatic heterocycles. The van der Waals surface area contributed by atoms with Crippen molar-refractivity contribution in [1.29, 1.82) is 0 Å². The Morgan fingerprint density at radius 2 is 2.31 bits per heavy atom. The lowest BCUT2D eigenvalue weighted by Crippen LogP contribution is -2.38. The van der Waals surface area contributed by atoms with Gasteiger partial charge in [0.25, 0.3) is 5.91 Å². The highest BCUT2D eigenvalue weighted by Gasteiger charge is 2.32. The molecule has 2 nitrogen and oxygen atoms in total. The molecule has 0 spiro atoms. The van der Waals surface area contributed by atoms with E-state index < -0.39 is 0 Å². The molecule has 2 atom stereocenters. The third-order valence-corrected chi connectivity index (χ3v) is 2.84. The van der Waals surface area contributed by atoms with E-state index in [1.54, 1.807) is 0 Å². The van der Waals surface area contributed by atoms with Crippen LogP contribution in [0.3, 0.4) is 0 Å². The van der Waals surface area contributed by atoms with Crippen LogP contribution in [-0.4, -0.2) is 22.9 Å². The van der Waals surface area contributed by atoms with Gasteiger partial charge in [0.2, 0.25) is 0 Å². The Morgan fingerprint density at radius 1 is 1.62 bits per heavy atom. The lowest BCUT2D eigenvalue weighted by Gasteiger charge is -2.25. The molecular weight excluding hydrogens is 230 g/mol. The SMILES string of the molecule is CCC1CCC(C)N1C(=O)C#CBr. The van der Waals surface area contributed by atoms with Crippen molar-refractivity contribution < 1.29 is 4.79 Å². The van der Waals surface area contributed by atoms with Crippen LogP contribution >= 0.6 is 15.9 Å². The van der Waals surface area contributed by atoms with E-state index in [0.717, 1.165) is 19.3 Å². The van der Waals surface area contributed by atoms with Gasteiger partial charge in [0.15, 0.2) is 0 Å². The fourth-order valence-electron chi connectivity index (χ4n) is 1.94. The minimum Gasteiger partial charge on any atom is -0.326 e. The molecule has 0 radical (unpaired) electrons. The van der Waals surface area contributed by atoms with Gasteiger partial charge in [0, 0.05) is 33.9 Å². The molecule has 0 N–H and O–H groups in total. The first-order valence-corrected chi connectivity index (χ1v) is 5.44. The van der Waals surface area contributed by atoms with E-state index in [-0.39, 0.29) is 5.91 Å². The normalized spacial score (nSPS) is 26.8. The Morgan fingerprint density at radius 3 is 2.85 bits per heavy atom. The highest BCUT2D eigenvalue weighted by molar-refractivity contribution is 9.12. The van der Waals surface area contributed by atoms with Crippen LogP contribution in [0.4, 0.5) is 0 Å². The number of hydrogen-bond acceptors (Lipinski definition) is 1. The van der Waals surface area contributed by atoms with Crippen LogP contribution in [0, 0.1) is 10.8 Å². The predicted octanol–water partition coefficient (Wildman–Crippen LogP) is 2.13. The molecule has 1 rings (SSSR count). The molecule has 13 heavy (non-hydrogen) atoms. The number of halogens is 1. The smallest absolute Gasteiger partial charge is 0.299 e. The average molecular weight is 244 g/mol. The van der Waals surface area contributed by atoms with Crippen molar-refractivity contribution in [3.05, 3.63) is 0 Å². The summed E-state index contributed by atoms with van der Waals surface area (Å²) in [5, 5.41) is 0. The quantitative estimate of drug-likeness (QED) is 0.647. The van der Waals surface area contributed by atoms with Crippen LogP contribution in [0.15, 0.2) is 0 Å². The molecule has 1 heterocycles. The fraction of sp³-hybridized carbons (Fsp3) is 0.700. The van der Waals surface area contributed by atoms with E-state index in [1.807, 2.05) is 4.90 Å². The van der Waals surface area contributed by atoms with E-state index >= 15 is 0 Å². The Hall–Kier alpha value is -0.490. The molecule has 1 amide bonds. The lowest BCUT2D eigenvalue weighted by atomic mass is 10.1. The van der Waals surface area contributed by atoms with Gasteiger partial charge in [-0.25, -0.2) is 0 Å². The van der Waals surface area contributed by atoms with Gasteiger partial charge >= 0.3 is 0 Å². The average Bonchev–Trinajstić information content (AvgIpc) is 2.47. The Bertz CT molecular complexity index is 253. The van der Waals surface area contributed by atoms with Crippen molar-refractivity contribution in [3.63, 3.8) is 0 Å². The molecule has 0 bridgehead atoms. The number of carbonyl (C=O) groups excluding carboxylic acids is 1. The molecule has 1 saturated heterocycles. The third-order valence-electron chi connectivity index (χ3n) is 2.65. The summed E-state index contributed by atoms with van der Waals surface area (Å²) in [5.41, 5.74) is 0. The van der Waals surface area contributed by atoms with Crippen molar-refractivity contribution in [2.45, 2.75) is 45.2 Å². The minimum atomic E-state index is -0.0475. The number of hydrogen-bond donors (Lipinski definition) is 0. The molecule has 72 valence electrons. The van der Waals surface area contributed by atoms with Gasteiger partial charge < -0.3 is 4.90 Å². The number of carbonyl (C=O) groups is 1. The lowest BCUT2D eigenvalue weighted by molar-refractivity contribution is -0.127. The predicted molar refractivity (Wildman–Crippen MR) is 56.3 cm³/mol. The largest absolute Gasteiger partial charge is 0.326 e. The monoisotopic (exact) mass is 243 g/mol. The van der Waals surface area contributed by atoms with E-state index in [2.05, 4.69) is 40.5 Å². The molecule has 0 aromatic rings. The van der Waals surface area contributed by atoms with Gasteiger partial charge in [-0.2, -0.15) is 0 Å². The fourth-order valence-corrected chi connectivity index (χ4v) is 2.11. The van der Waals surface area contributed by atoms with Crippen LogP contribution in [0.25, 0.3) is 0 Å². The van der Waals surface area contributed by atoms with Crippen LogP contribution in [0.1, 0.15) is 33.1 Å². The number of rotatable bonds is 1. The second-order valence-electron chi connectivity index (χ2n) is 3.42. The van der Waals surface area contributed by atoms with Gasteiger partial charge in [0.05, 0.1) is 0 Å². The first-order chi connectivity index (χ1) is 6.20. The molecule has 0 aromatic heterocycles. The van der Waals surface area contributed by atoms with E-state index in [4.69, 9.17) is 0 Å². The number of likely N-dealkylation sites (tertiary alicyclic amines) is 1. The summed E-state index contributed by atoms with van der Waals surface area (Å²) in [6, 6.07) is 0.752. The number of nitrogens with zero attached hydrogens (tertiary/aromatic N) is 1. The zero-order valence-electron chi connectivity index (χ0n) is 8.01. The molecule has 3 heteroatoms. The van der Waals surface area contributed by atoms with E-state index in [0.29, 0.717) is 12.1 Å².